The monoisotopic (exact) mass is 346 g/mol. The number of ether oxygens (including phenoxy) is 3. The quantitative estimate of drug-likeness (QED) is 0.796. The summed E-state index contributed by atoms with van der Waals surface area (Å²) in [6.45, 7) is 0.876. The Morgan fingerprint density at radius 2 is 1.84 bits per heavy atom. The zero-order chi connectivity index (χ0) is 17.8. The molecule has 0 unspecified atom stereocenters. The average molecular weight is 346 g/mol. The number of carbonyl (C=O) groups excluding carboxylic acids is 1. The molecular formula is C17H22N4O4. The largest absolute Gasteiger partial charge is 0.376 e. The van der Waals surface area contributed by atoms with E-state index >= 15 is 0 Å². The highest BCUT2D eigenvalue weighted by atomic mass is 16.6. The number of benzene rings is 1. The fourth-order valence-electron chi connectivity index (χ4n) is 3.05. The van der Waals surface area contributed by atoms with Gasteiger partial charge in [-0.1, -0.05) is 0 Å². The van der Waals surface area contributed by atoms with Crippen molar-refractivity contribution in [3.8, 4) is 5.69 Å². The molecule has 0 N–H and O–H groups in total. The predicted octanol–water partition coefficient (Wildman–Crippen LogP) is 0.768. The Balaban J connectivity index is 1.75. The normalized spacial score (nSPS) is 23.4. The summed E-state index contributed by atoms with van der Waals surface area (Å²) in [4.78, 5) is 14.5. The first kappa shape index (κ1) is 17.5. The van der Waals surface area contributed by atoms with E-state index in [9.17, 15) is 4.79 Å². The molecule has 0 bridgehead atoms. The third kappa shape index (κ3) is 3.55. The van der Waals surface area contributed by atoms with Gasteiger partial charge < -0.3 is 19.1 Å². The number of likely N-dealkylation sites (N-methyl/N-ethyl adjacent to an activating group) is 1. The maximum atomic E-state index is 12.8. The van der Waals surface area contributed by atoms with Crippen molar-refractivity contribution in [3.63, 3.8) is 0 Å². The van der Waals surface area contributed by atoms with E-state index < -0.39 is 0 Å². The number of carbonyl (C=O) groups is 1. The minimum Gasteiger partial charge on any atom is -0.376 e. The van der Waals surface area contributed by atoms with Crippen LogP contribution in [0.4, 0.5) is 0 Å². The van der Waals surface area contributed by atoms with E-state index in [4.69, 9.17) is 14.2 Å². The topological polar surface area (TPSA) is 78.7 Å². The van der Waals surface area contributed by atoms with E-state index in [2.05, 4.69) is 10.2 Å². The van der Waals surface area contributed by atoms with Gasteiger partial charge in [0, 0.05) is 32.5 Å². The number of methoxy groups -OCH3 is 2. The van der Waals surface area contributed by atoms with E-state index in [1.165, 1.54) is 0 Å². The van der Waals surface area contributed by atoms with Crippen LogP contribution in [-0.2, 0) is 14.2 Å². The fraction of sp³-hybridized carbons (Fsp3) is 0.471. The molecule has 1 aliphatic rings. The van der Waals surface area contributed by atoms with Crippen molar-refractivity contribution in [3.05, 3.63) is 42.5 Å². The first-order valence-corrected chi connectivity index (χ1v) is 8.01. The summed E-state index contributed by atoms with van der Waals surface area (Å²) in [5.41, 5.74) is 1.48. The molecule has 1 aliphatic heterocycles. The minimum atomic E-state index is -0.232. The van der Waals surface area contributed by atoms with Crippen LogP contribution in [0, 0.1) is 0 Å². The highest BCUT2D eigenvalue weighted by molar-refractivity contribution is 5.94. The van der Waals surface area contributed by atoms with Crippen LogP contribution >= 0.6 is 0 Å². The first-order chi connectivity index (χ1) is 12.2. The molecule has 8 nitrogen and oxygen atoms in total. The molecule has 2 heterocycles. The molecule has 1 aromatic heterocycles. The van der Waals surface area contributed by atoms with Crippen LogP contribution in [0.5, 0.6) is 0 Å². The second kappa shape index (κ2) is 7.73. The van der Waals surface area contributed by atoms with Crippen LogP contribution in [-0.4, -0.2) is 78.3 Å². The summed E-state index contributed by atoms with van der Waals surface area (Å²) >= 11 is 0. The molecule has 1 amide bonds. The number of amides is 1. The zero-order valence-electron chi connectivity index (χ0n) is 14.5. The lowest BCUT2D eigenvalue weighted by molar-refractivity contribution is -0.147. The van der Waals surface area contributed by atoms with Gasteiger partial charge in [-0.2, -0.15) is 0 Å². The van der Waals surface area contributed by atoms with E-state index in [1.54, 1.807) is 55.5 Å². The van der Waals surface area contributed by atoms with Crippen LogP contribution in [0.25, 0.3) is 5.69 Å². The lowest BCUT2D eigenvalue weighted by atomic mass is 10.0. The third-order valence-corrected chi connectivity index (χ3v) is 4.54. The molecule has 3 atom stereocenters. The van der Waals surface area contributed by atoms with Crippen LogP contribution in [0.1, 0.15) is 10.4 Å². The average Bonchev–Trinajstić information content (AvgIpc) is 3.21. The summed E-state index contributed by atoms with van der Waals surface area (Å²) in [5.74, 6) is -0.0947. The van der Waals surface area contributed by atoms with Crippen molar-refractivity contribution in [1.29, 1.82) is 0 Å². The summed E-state index contributed by atoms with van der Waals surface area (Å²) < 4.78 is 18.3. The van der Waals surface area contributed by atoms with Crippen molar-refractivity contribution in [1.82, 2.24) is 19.7 Å². The highest BCUT2D eigenvalue weighted by Crippen LogP contribution is 2.21. The van der Waals surface area contributed by atoms with Crippen LogP contribution in [0.3, 0.4) is 0 Å². The predicted molar refractivity (Wildman–Crippen MR) is 89.7 cm³/mol. The second-order valence-electron chi connectivity index (χ2n) is 5.91. The number of hydrogen-bond acceptors (Lipinski definition) is 6. The Hall–Kier alpha value is -2.29. The number of nitrogens with zero attached hydrogens (tertiary/aromatic N) is 4. The summed E-state index contributed by atoms with van der Waals surface area (Å²) in [6.07, 6.45) is 2.78. The van der Waals surface area contributed by atoms with Crippen molar-refractivity contribution < 1.29 is 19.0 Å². The van der Waals surface area contributed by atoms with Gasteiger partial charge in [0.1, 0.15) is 24.9 Å². The standard InChI is InChI=1S/C17H22N4O4/c1-20(14-8-25-9-15(23-2)16(14)24-3)17(22)12-4-6-13(7-5-12)21-10-18-19-11-21/h4-7,10-11,14-16H,8-9H2,1-3H3/t14-,15-,16+/m1/s1. The number of hydrogen-bond donors (Lipinski definition) is 0. The molecule has 1 saturated heterocycles. The SMILES string of the molecule is CO[C@H]1[C@H](N(C)C(=O)c2ccc(-n3cnnc3)cc2)COC[C@H]1OC. The molecule has 0 aliphatic carbocycles. The molecular weight excluding hydrogens is 324 g/mol. The number of rotatable bonds is 5. The fourth-order valence-corrected chi connectivity index (χ4v) is 3.05. The summed E-state index contributed by atoms with van der Waals surface area (Å²) in [7, 11) is 5.00. The molecule has 1 fully saturated rings. The zero-order valence-corrected chi connectivity index (χ0v) is 14.5. The highest BCUT2D eigenvalue weighted by Gasteiger charge is 2.38. The molecule has 2 aromatic rings. The molecule has 0 radical (unpaired) electrons. The Labute approximate surface area is 146 Å². The lowest BCUT2D eigenvalue weighted by Gasteiger charge is -2.40. The van der Waals surface area contributed by atoms with Gasteiger partial charge in [-0.25, -0.2) is 0 Å². The maximum Gasteiger partial charge on any atom is 0.254 e. The molecule has 3 rings (SSSR count). The second-order valence-corrected chi connectivity index (χ2v) is 5.91. The molecule has 25 heavy (non-hydrogen) atoms. The van der Waals surface area contributed by atoms with Crippen molar-refractivity contribution >= 4 is 5.91 Å². The van der Waals surface area contributed by atoms with Gasteiger partial charge in [0.25, 0.3) is 5.91 Å². The van der Waals surface area contributed by atoms with Gasteiger partial charge in [0.05, 0.1) is 19.3 Å². The Morgan fingerprint density at radius 3 is 2.44 bits per heavy atom. The summed E-state index contributed by atoms with van der Waals surface area (Å²) in [6, 6.07) is 7.07. The molecule has 0 spiro atoms. The first-order valence-electron chi connectivity index (χ1n) is 8.01. The molecule has 0 saturated carbocycles. The minimum absolute atomic E-state index is 0.0947. The van der Waals surface area contributed by atoms with Crippen LogP contribution in [0.2, 0.25) is 0 Å². The molecule has 1 aromatic carbocycles. The van der Waals surface area contributed by atoms with Gasteiger partial charge in [-0.3, -0.25) is 9.36 Å². The lowest BCUT2D eigenvalue weighted by Crippen LogP contribution is -2.57. The van der Waals surface area contributed by atoms with E-state index in [0.29, 0.717) is 18.8 Å². The van der Waals surface area contributed by atoms with Gasteiger partial charge in [0.15, 0.2) is 0 Å². The van der Waals surface area contributed by atoms with Gasteiger partial charge in [-0.15, -0.1) is 10.2 Å². The Kier molecular flexibility index (Phi) is 5.42. The van der Waals surface area contributed by atoms with Gasteiger partial charge in [0.2, 0.25) is 0 Å². The smallest absolute Gasteiger partial charge is 0.254 e. The molecule has 8 heteroatoms. The van der Waals surface area contributed by atoms with E-state index in [1.807, 2.05) is 12.1 Å². The Morgan fingerprint density at radius 1 is 1.16 bits per heavy atom. The van der Waals surface area contributed by atoms with E-state index in [-0.39, 0.29) is 24.2 Å². The van der Waals surface area contributed by atoms with Gasteiger partial charge in [-0.05, 0) is 24.3 Å². The van der Waals surface area contributed by atoms with E-state index in [0.717, 1.165) is 5.69 Å². The van der Waals surface area contributed by atoms with Crippen LogP contribution in [0.15, 0.2) is 36.9 Å². The van der Waals surface area contributed by atoms with Crippen molar-refractivity contribution in [2.45, 2.75) is 18.2 Å². The maximum absolute atomic E-state index is 12.8. The van der Waals surface area contributed by atoms with Crippen LogP contribution < -0.4 is 0 Å². The van der Waals surface area contributed by atoms with Gasteiger partial charge >= 0.3 is 0 Å². The number of aromatic nitrogens is 3. The molecule has 134 valence electrons. The summed E-state index contributed by atoms with van der Waals surface area (Å²) in [5, 5.41) is 7.55. The Bertz CT molecular complexity index is 689. The van der Waals surface area contributed by atoms with Crippen molar-refractivity contribution in [2.75, 3.05) is 34.5 Å². The third-order valence-electron chi connectivity index (χ3n) is 4.54. The van der Waals surface area contributed by atoms with Crippen molar-refractivity contribution in [2.24, 2.45) is 0 Å².